The Morgan fingerprint density at radius 3 is 2.21 bits per heavy atom. The number of carboxylic acids is 1. The van der Waals surface area contributed by atoms with Crippen molar-refractivity contribution in [3.8, 4) is 16.9 Å². The summed E-state index contributed by atoms with van der Waals surface area (Å²) in [5.41, 5.74) is 2.78. The number of carboxylic acid groups (broad SMARTS) is 1. The Hall–Kier alpha value is -1.79. The van der Waals surface area contributed by atoms with Crippen LogP contribution in [0.1, 0.15) is 32.6 Å². The fraction of sp³-hybridized carbons (Fsp3) is 0.318. The van der Waals surface area contributed by atoms with Crippen molar-refractivity contribution in [1.29, 1.82) is 0 Å². The molecule has 0 spiro atoms. The predicted molar refractivity (Wildman–Crippen MR) is 106 cm³/mol. The Kier molecular flexibility index (Phi) is 6.99. The molecule has 1 unspecified atom stereocenters. The maximum Gasteiger partial charge on any atom is 1.00 e. The summed E-state index contributed by atoms with van der Waals surface area (Å²) in [4.78, 5) is 12.1. The van der Waals surface area contributed by atoms with Gasteiger partial charge in [0.2, 0.25) is 0 Å². The van der Waals surface area contributed by atoms with Gasteiger partial charge in [-0.2, -0.15) is 0 Å². The van der Waals surface area contributed by atoms with Gasteiger partial charge in [0, 0.05) is 23.5 Å². The van der Waals surface area contributed by atoms with E-state index in [2.05, 4.69) is 0 Å². The Labute approximate surface area is 187 Å². The third-order valence-corrected chi connectivity index (χ3v) is 4.47. The molecular formula is C22H25NNaO4+. The maximum atomic E-state index is 12.1. The van der Waals surface area contributed by atoms with Crippen molar-refractivity contribution < 1.29 is 48.9 Å². The normalized spacial score (nSPS) is 12.5. The number of benzene rings is 2. The first-order chi connectivity index (χ1) is 12.7. The molecule has 0 bridgehead atoms. The number of carbonyl (C=O) groups is 1. The number of ether oxygens (including phenoxy) is 2. The number of aryl methyl sites for hydroxylation is 1. The molecule has 0 aliphatic carbocycles. The van der Waals surface area contributed by atoms with Crippen LogP contribution in [0, 0.1) is 0 Å². The smallest absolute Gasteiger partial charge is 0.497 e. The summed E-state index contributed by atoms with van der Waals surface area (Å²) in [6, 6.07) is 15.5. The minimum absolute atomic E-state index is 0. The van der Waals surface area contributed by atoms with Crippen molar-refractivity contribution in [3.05, 3.63) is 54.2 Å². The van der Waals surface area contributed by atoms with Crippen LogP contribution < -0.4 is 34.3 Å². The average Bonchev–Trinajstić information content (AvgIpc) is 2.92. The first kappa shape index (κ1) is 22.5. The van der Waals surface area contributed by atoms with E-state index >= 15 is 0 Å². The zero-order chi connectivity index (χ0) is 19.8. The molecule has 0 saturated carbocycles. The van der Waals surface area contributed by atoms with Crippen LogP contribution in [0.3, 0.4) is 0 Å². The molecular weight excluding hydrogens is 365 g/mol. The quantitative estimate of drug-likeness (QED) is 0.675. The van der Waals surface area contributed by atoms with Crippen molar-refractivity contribution in [2.75, 3.05) is 7.11 Å². The van der Waals surface area contributed by atoms with E-state index in [0.717, 1.165) is 27.8 Å². The van der Waals surface area contributed by atoms with Crippen LogP contribution in [0.5, 0.6) is 5.75 Å². The second kappa shape index (κ2) is 8.70. The van der Waals surface area contributed by atoms with Gasteiger partial charge in [-0.15, -0.1) is 0 Å². The SMILES string of the molecule is COc1ccc(-c2c(C(OC(C)(C)C)C(=O)O)n(C)c3ccccc23)cc1.[Na+]. The van der Waals surface area contributed by atoms with E-state index < -0.39 is 17.7 Å². The van der Waals surface area contributed by atoms with Gasteiger partial charge in [-0.3, -0.25) is 0 Å². The first-order valence-corrected chi connectivity index (χ1v) is 8.85. The molecule has 0 aliphatic rings. The van der Waals surface area contributed by atoms with Crippen LogP contribution in [0.2, 0.25) is 0 Å². The fourth-order valence-electron chi connectivity index (χ4n) is 3.36. The summed E-state index contributed by atoms with van der Waals surface area (Å²) >= 11 is 0. The largest absolute Gasteiger partial charge is 1.00 e. The van der Waals surface area contributed by atoms with E-state index in [0.29, 0.717) is 5.69 Å². The van der Waals surface area contributed by atoms with Crippen LogP contribution in [0.4, 0.5) is 0 Å². The number of hydrogen-bond donors (Lipinski definition) is 1. The molecule has 1 atom stereocenters. The molecule has 0 saturated heterocycles. The van der Waals surface area contributed by atoms with Gasteiger partial charge in [-0.25, -0.2) is 4.79 Å². The summed E-state index contributed by atoms with van der Waals surface area (Å²) in [6.45, 7) is 5.58. The van der Waals surface area contributed by atoms with Gasteiger partial charge in [-0.1, -0.05) is 30.3 Å². The Morgan fingerprint density at radius 2 is 1.68 bits per heavy atom. The molecule has 6 heteroatoms. The average molecular weight is 390 g/mol. The second-order valence-electron chi connectivity index (χ2n) is 7.51. The Balaban J connectivity index is 0.00000280. The molecule has 2 aromatic carbocycles. The van der Waals surface area contributed by atoms with Gasteiger partial charge in [-0.05, 0) is 44.5 Å². The van der Waals surface area contributed by atoms with Crippen molar-refractivity contribution in [2.45, 2.75) is 32.5 Å². The van der Waals surface area contributed by atoms with E-state index in [1.807, 2.05) is 80.9 Å². The van der Waals surface area contributed by atoms with Gasteiger partial charge in [0.1, 0.15) is 5.75 Å². The van der Waals surface area contributed by atoms with Gasteiger partial charge in [0.25, 0.3) is 0 Å². The molecule has 28 heavy (non-hydrogen) atoms. The van der Waals surface area contributed by atoms with Crippen molar-refractivity contribution in [1.82, 2.24) is 4.57 Å². The minimum Gasteiger partial charge on any atom is -0.497 e. The van der Waals surface area contributed by atoms with Crippen LogP contribution in [-0.2, 0) is 16.6 Å². The van der Waals surface area contributed by atoms with Crippen LogP contribution in [0.25, 0.3) is 22.0 Å². The van der Waals surface area contributed by atoms with E-state index in [9.17, 15) is 9.90 Å². The number of fused-ring (bicyclic) bond motifs is 1. The number of rotatable bonds is 5. The second-order valence-corrected chi connectivity index (χ2v) is 7.51. The molecule has 5 nitrogen and oxygen atoms in total. The summed E-state index contributed by atoms with van der Waals surface area (Å²) < 4.78 is 13.1. The van der Waals surface area contributed by atoms with E-state index in [1.165, 1.54) is 0 Å². The molecule has 3 rings (SSSR count). The van der Waals surface area contributed by atoms with Gasteiger partial charge in [0.15, 0.2) is 6.10 Å². The van der Waals surface area contributed by atoms with Crippen molar-refractivity contribution in [3.63, 3.8) is 0 Å². The number of aliphatic carboxylic acids is 1. The number of aromatic nitrogens is 1. The Morgan fingerprint density at radius 1 is 1.07 bits per heavy atom. The fourth-order valence-corrected chi connectivity index (χ4v) is 3.36. The summed E-state index contributed by atoms with van der Waals surface area (Å²) in [5, 5.41) is 10.9. The molecule has 0 fully saturated rings. The summed E-state index contributed by atoms with van der Waals surface area (Å²) in [7, 11) is 3.50. The van der Waals surface area contributed by atoms with Crippen LogP contribution in [0.15, 0.2) is 48.5 Å². The summed E-state index contributed by atoms with van der Waals surface area (Å²) in [6.07, 6.45) is -1.08. The van der Waals surface area contributed by atoms with Gasteiger partial charge < -0.3 is 19.1 Å². The van der Waals surface area contributed by atoms with E-state index in [4.69, 9.17) is 9.47 Å². The molecule has 0 amide bonds. The molecule has 1 aromatic heterocycles. The van der Waals surface area contributed by atoms with Gasteiger partial charge >= 0.3 is 35.5 Å². The number of methoxy groups -OCH3 is 1. The molecule has 0 aliphatic heterocycles. The van der Waals surface area contributed by atoms with E-state index in [-0.39, 0.29) is 29.6 Å². The topological polar surface area (TPSA) is 60.7 Å². The monoisotopic (exact) mass is 390 g/mol. The number of para-hydroxylation sites is 1. The van der Waals surface area contributed by atoms with Crippen molar-refractivity contribution in [2.24, 2.45) is 7.05 Å². The third-order valence-electron chi connectivity index (χ3n) is 4.47. The number of hydrogen-bond acceptors (Lipinski definition) is 3. The van der Waals surface area contributed by atoms with Crippen molar-refractivity contribution >= 4 is 16.9 Å². The molecule has 3 aromatic rings. The van der Waals surface area contributed by atoms with Gasteiger partial charge in [0.05, 0.1) is 18.4 Å². The van der Waals surface area contributed by atoms with E-state index in [1.54, 1.807) is 7.11 Å². The Bertz CT molecular complexity index is 971. The zero-order valence-corrected chi connectivity index (χ0v) is 19.3. The van der Waals surface area contributed by atoms with Crippen LogP contribution >= 0.6 is 0 Å². The summed E-state index contributed by atoms with van der Waals surface area (Å²) in [5.74, 6) is -0.258. The maximum absolute atomic E-state index is 12.1. The zero-order valence-electron chi connectivity index (χ0n) is 17.3. The molecule has 1 N–H and O–H groups in total. The standard InChI is InChI=1S/C22H25NO4.Na/c1-22(2,3)27-20(21(24)25)19-18(14-10-12-15(26-5)13-11-14)16-8-6-7-9-17(16)23(19)4;/h6-13,20H,1-5H3,(H,24,25);/q;+1. The minimum atomic E-state index is -1.08. The predicted octanol–water partition coefficient (Wildman–Crippen LogP) is 1.80. The molecule has 0 radical (unpaired) electrons. The first-order valence-electron chi connectivity index (χ1n) is 8.85. The number of nitrogens with zero attached hydrogens (tertiary/aromatic N) is 1. The molecule has 1 heterocycles. The van der Waals surface area contributed by atoms with Crippen LogP contribution in [-0.4, -0.2) is 28.4 Å². The molecule has 142 valence electrons. The third kappa shape index (κ3) is 4.44.